The Morgan fingerprint density at radius 3 is 2.62 bits per heavy atom. The van der Waals surface area contributed by atoms with Crippen molar-refractivity contribution >= 4 is 22.0 Å². The Bertz CT molecular complexity index is 372. The molecule has 0 heterocycles. The van der Waals surface area contributed by atoms with Crippen LogP contribution in [0.2, 0.25) is 0 Å². The Hall–Kier alpha value is -1.03. The topological polar surface area (TPSA) is 41.1 Å². The van der Waals surface area contributed by atoms with E-state index in [9.17, 15) is 4.79 Å². The van der Waals surface area contributed by atoms with Gasteiger partial charge in [-0.25, -0.2) is 4.79 Å². The standard InChI is InChI=1S/C12H17BrN2O/c1-12(2,3)15-11(16)14-8-9-5-4-6-10(13)7-9/h4-7H,8H2,1-3H3,(H2,14,15,16). The summed E-state index contributed by atoms with van der Waals surface area (Å²) in [5, 5.41) is 5.65. The van der Waals surface area contributed by atoms with Crippen molar-refractivity contribution in [1.29, 1.82) is 0 Å². The van der Waals surface area contributed by atoms with Gasteiger partial charge in [-0.2, -0.15) is 0 Å². The molecule has 88 valence electrons. The van der Waals surface area contributed by atoms with Crippen LogP contribution < -0.4 is 10.6 Å². The third kappa shape index (κ3) is 5.16. The third-order valence-corrected chi connectivity index (χ3v) is 2.32. The quantitative estimate of drug-likeness (QED) is 0.861. The molecule has 0 aliphatic carbocycles. The first-order chi connectivity index (χ1) is 7.37. The first kappa shape index (κ1) is 13.0. The lowest BCUT2D eigenvalue weighted by Crippen LogP contribution is -2.46. The first-order valence-electron chi connectivity index (χ1n) is 5.17. The van der Waals surface area contributed by atoms with E-state index in [4.69, 9.17) is 0 Å². The minimum atomic E-state index is -0.207. The Morgan fingerprint density at radius 2 is 2.06 bits per heavy atom. The van der Waals surface area contributed by atoms with Crippen LogP contribution in [0.4, 0.5) is 4.79 Å². The molecule has 4 heteroatoms. The molecule has 0 saturated carbocycles. The highest BCUT2D eigenvalue weighted by molar-refractivity contribution is 9.10. The van der Waals surface area contributed by atoms with E-state index in [1.807, 2.05) is 45.0 Å². The van der Waals surface area contributed by atoms with Crippen molar-refractivity contribution in [1.82, 2.24) is 10.6 Å². The van der Waals surface area contributed by atoms with Gasteiger partial charge in [0.05, 0.1) is 0 Å². The second kappa shape index (κ2) is 5.34. The molecular formula is C12H17BrN2O. The maximum Gasteiger partial charge on any atom is 0.315 e. The zero-order chi connectivity index (χ0) is 12.2. The van der Waals surface area contributed by atoms with Crippen LogP contribution in [0, 0.1) is 0 Å². The Morgan fingerprint density at radius 1 is 1.38 bits per heavy atom. The van der Waals surface area contributed by atoms with Gasteiger partial charge in [0.25, 0.3) is 0 Å². The normalized spacial score (nSPS) is 11.0. The van der Waals surface area contributed by atoms with Crippen LogP contribution in [0.1, 0.15) is 26.3 Å². The highest BCUT2D eigenvalue weighted by atomic mass is 79.9. The predicted molar refractivity (Wildman–Crippen MR) is 69.3 cm³/mol. The average Bonchev–Trinajstić information content (AvgIpc) is 2.12. The number of amides is 2. The van der Waals surface area contributed by atoms with Crippen molar-refractivity contribution in [2.75, 3.05) is 0 Å². The van der Waals surface area contributed by atoms with E-state index in [-0.39, 0.29) is 11.6 Å². The Balaban J connectivity index is 2.43. The summed E-state index contributed by atoms with van der Waals surface area (Å²) in [6.45, 7) is 6.38. The van der Waals surface area contributed by atoms with Gasteiger partial charge < -0.3 is 10.6 Å². The van der Waals surface area contributed by atoms with Gasteiger partial charge in [-0.05, 0) is 38.5 Å². The van der Waals surface area contributed by atoms with Gasteiger partial charge in [0, 0.05) is 16.6 Å². The lowest BCUT2D eigenvalue weighted by molar-refractivity contribution is 0.231. The number of halogens is 1. The zero-order valence-electron chi connectivity index (χ0n) is 9.80. The zero-order valence-corrected chi connectivity index (χ0v) is 11.4. The largest absolute Gasteiger partial charge is 0.334 e. The van der Waals surface area contributed by atoms with E-state index in [1.165, 1.54) is 0 Å². The molecule has 0 atom stereocenters. The summed E-state index contributed by atoms with van der Waals surface area (Å²) in [6, 6.07) is 7.72. The van der Waals surface area contributed by atoms with E-state index in [2.05, 4.69) is 26.6 Å². The first-order valence-corrected chi connectivity index (χ1v) is 5.96. The van der Waals surface area contributed by atoms with Crippen LogP contribution in [0.5, 0.6) is 0 Å². The number of hydrogen-bond donors (Lipinski definition) is 2. The van der Waals surface area contributed by atoms with Gasteiger partial charge in [0.1, 0.15) is 0 Å². The fourth-order valence-corrected chi connectivity index (χ4v) is 1.66. The smallest absolute Gasteiger partial charge is 0.315 e. The van der Waals surface area contributed by atoms with Crippen LogP contribution in [-0.2, 0) is 6.54 Å². The SMILES string of the molecule is CC(C)(C)NC(=O)NCc1cccc(Br)c1. The fourth-order valence-electron chi connectivity index (χ4n) is 1.21. The molecule has 0 aromatic heterocycles. The van der Waals surface area contributed by atoms with Gasteiger partial charge in [-0.15, -0.1) is 0 Å². The lowest BCUT2D eigenvalue weighted by atomic mass is 10.1. The van der Waals surface area contributed by atoms with Gasteiger partial charge in [0.15, 0.2) is 0 Å². The molecule has 0 aliphatic heterocycles. The minimum Gasteiger partial charge on any atom is -0.334 e. The predicted octanol–water partition coefficient (Wildman–Crippen LogP) is 3.05. The van der Waals surface area contributed by atoms with E-state index >= 15 is 0 Å². The van der Waals surface area contributed by atoms with Crippen LogP contribution in [-0.4, -0.2) is 11.6 Å². The highest BCUT2D eigenvalue weighted by Gasteiger charge is 2.12. The van der Waals surface area contributed by atoms with Crippen molar-refractivity contribution in [3.63, 3.8) is 0 Å². The van der Waals surface area contributed by atoms with Crippen LogP contribution in [0.3, 0.4) is 0 Å². The lowest BCUT2D eigenvalue weighted by Gasteiger charge is -2.20. The minimum absolute atomic E-state index is 0.146. The number of rotatable bonds is 2. The third-order valence-electron chi connectivity index (χ3n) is 1.83. The molecule has 0 spiro atoms. The maximum absolute atomic E-state index is 11.5. The summed E-state index contributed by atoms with van der Waals surface area (Å²) in [5.41, 5.74) is 0.861. The molecule has 0 aliphatic rings. The number of urea groups is 1. The summed E-state index contributed by atoms with van der Waals surface area (Å²) in [5.74, 6) is 0. The molecular weight excluding hydrogens is 268 g/mol. The monoisotopic (exact) mass is 284 g/mol. The van der Waals surface area contributed by atoms with E-state index in [0.717, 1.165) is 10.0 Å². The Labute approximate surface area is 105 Å². The molecule has 0 fully saturated rings. The van der Waals surface area contributed by atoms with Gasteiger partial charge in [0.2, 0.25) is 0 Å². The fraction of sp³-hybridized carbons (Fsp3) is 0.417. The molecule has 2 N–H and O–H groups in total. The van der Waals surface area contributed by atoms with Crippen molar-refractivity contribution in [3.05, 3.63) is 34.3 Å². The van der Waals surface area contributed by atoms with Crippen LogP contribution in [0.25, 0.3) is 0 Å². The van der Waals surface area contributed by atoms with Crippen molar-refractivity contribution in [3.8, 4) is 0 Å². The molecule has 3 nitrogen and oxygen atoms in total. The molecule has 0 bridgehead atoms. The number of benzene rings is 1. The van der Waals surface area contributed by atoms with Crippen molar-refractivity contribution in [2.24, 2.45) is 0 Å². The molecule has 0 radical (unpaired) electrons. The van der Waals surface area contributed by atoms with E-state index in [1.54, 1.807) is 0 Å². The summed E-state index contributed by atoms with van der Waals surface area (Å²) in [4.78, 5) is 11.5. The van der Waals surface area contributed by atoms with Crippen LogP contribution in [0.15, 0.2) is 28.7 Å². The maximum atomic E-state index is 11.5. The van der Waals surface area contributed by atoms with Crippen molar-refractivity contribution in [2.45, 2.75) is 32.9 Å². The summed E-state index contributed by atoms with van der Waals surface area (Å²) in [7, 11) is 0. The molecule has 2 amide bonds. The average molecular weight is 285 g/mol. The number of nitrogens with one attached hydrogen (secondary N) is 2. The highest BCUT2D eigenvalue weighted by Crippen LogP contribution is 2.11. The molecule has 0 unspecified atom stereocenters. The molecule has 1 aromatic carbocycles. The van der Waals surface area contributed by atoms with E-state index in [0.29, 0.717) is 6.54 Å². The second-order valence-electron chi connectivity index (χ2n) is 4.69. The summed E-state index contributed by atoms with van der Waals surface area (Å²) < 4.78 is 1.02. The summed E-state index contributed by atoms with van der Waals surface area (Å²) >= 11 is 3.39. The number of hydrogen-bond acceptors (Lipinski definition) is 1. The molecule has 0 saturated heterocycles. The van der Waals surface area contributed by atoms with Gasteiger partial charge >= 0.3 is 6.03 Å². The Kier molecular flexibility index (Phi) is 4.35. The molecule has 16 heavy (non-hydrogen) atoms. The second-order valence-corrected chi connectivity index (χ2v) is 5.60. The van der Waals surface area contributed by atoms with Gasteiger partial charge in [-0.3, -0.25) is 0 Å². The molecule has 1 aromatic rings. The van der Waals surface area contributed by atoms with E-state index < -0.39 is 0 Å². The summed E-state index contributed by atoms with van der Waals surface area (Å²) in [6.07, 6.45) is 0. The van der Waals surface area contributed by atoms with Crippen LogP contribution >= 0.6 is 15.9 Å². The number of carbonyl (C=O) groups is 1. The van der Waals surface area contributed by atoms with Crippen molar-refractivity contribution < 1.29 is 4.79 Å². The van der Waals surface area contributed by atoms with Gasteiger partial charge in [-0.1, -0.05) is 28.1 Å². The number of carbonyl (C=O) groups excluding carboxylic acids is 1. The molecule has 1 rings (SSSR count).